The number of ether oxygens (including phenoxy) is 3. The minimum atomic E-state index is -1.04. The maximum absolute atomic E-state index is 14.9. The summed E-state index contributed by atoms with van der Waals surface area (Å²) in [5.41, 5.74) is 6.37. The molecule has 3 N–H and O–H groups in total. The topological polar surface area (TPSA) is 214 Å². The molecule has 3 saturated heterocycles. The summed E-state index contributed by atoms with van der Waals surface area (Å²) in [6, 6.07) is 18.0. The number of thiophene rings is 3. The van der Waals surface area contributed by atoms with E-state index in [0.29, 0.717) is 99.6 Å². The maximum atomic E-state index is 14.9. The van der Waals surface area contributed by atoms with Crippen molar-refractivity contribution in [1.29, 1.82) is 0 Å². The lowest BCUT2D eigenvalue weighted by Gasteiger charge is -2.27. The molecule has 18 nitrogen and oxygen atoms in total. The van der Waals surface area contributed by atoms with Gasteiger partial charge in [-0.15, -0.1) is 68.0 Å². The molecule has 12 heterocycles. The maximum Gasteiger partial charge on any atom is 0.134 e. The zero-order valence-electron chi connectivity index (χ0n) is 46.2. The molecule has 0 bridgehead atoms. The van der Waals surface area contributed by atoms with Gasteiger partial charge in [-0.05, 0) is 65.7 Å². The van der Waals surface area contributed by atoms with Gasteiger partial charge in [-0.25, -0.2) is 58.0 Å². The van der Waals surface area contributed by atoms with Gasteiger partial charge in [0.2, 0.25) is 0 Å². The van der Waals surface area contributed by atoms with Crippen molar-refractivity contribution in [1.82, 2.24) is 44.9 Å². The van der Waals surface area contributed by atoms with Gasteiger partial charge in [0.1, 0.15) is 69.8 Å². The molecule has 3 atom stereocenters. The van der Waals surface area contributed by atoms with Crippen molar-refractivity contribution >= 4 is 125 Å². The normalized spacial score (nSPS) is 15.7. The molecule has 9 aromatic heterocycles. The van der Waals surface area contributed by atoms with E-state index in [1.807, 2.05) is 18.2 Å². The number of hydrogen-bond acceptors (Lipinski definition) is 24. The van der Waals surface area contributed by atoms with Crippen LogP contribution in [0, 0.1) is 17.5 Å². The van der Waals surface area contributed by atoms with Crippen LogP contribution in [0.3, 0.4) is 0 Å². The minimum absolute atomic E-state index is 0.143. The second kappa shape index (κ2) is 26.9. The number of aliphatic hydroxyl groups excluding tert-OH is 3. The number of morpholine rings is 3. The zero-order chi connectivity index (χ0) is 60.3. The molecule has 28 heteroatoms. The van der Waals surface area contributed by atoms with E-state index in [0.717, 1.165) is 84.9 Å². The second-order valence-corrected chi connectivity index (χ2v) is 26.3. The van der Waals surface area contributed by atoms with E-state index in [9.17, 15) is 28.5 Å². The Balaban J connectivity index is 0.000000122. The molecule has 0 saturated carbocycles. The van der Waals surface area contributed by atoms with E-state index in [1.54, 1.807) is 87.7 Å². The fourth-order valence-corrected chi connectivity index (χ4v) is 15.9. The van der Waals surface area contributed by atoms with Crippen LogP contribution in [0.1, 0.15) is 50.0 Å². The SMILES string of the molecule is OC(c1ccc(F)c(-c2ncnc3cc(N4CCOCC4)sc23)c1)c1nccs1.OC(c1ccc(F)c(-c2ncnc3cc(N4CCOCC4)sc23)c1)c1nccs1.OC(c1nccs1)c1cc(-c2ncnc3cc(N4CCOCC4)sc23)c(F)cc1Cl. The Labute approximate surface area is 529 Å². The first kappa shape index (κ1) is 59.9. The van der Waals surface area contributed by atoms with Crippen LogP contribution in [-0.4, -0.2) is 139 Å². The number of nitrogens with zero attached hydrogens (tertiary/aromatic N) is 12. The monoisotopic (exact) mass is 1320 g/mol. The molecule has 3 unspecified atom stereocenters. The van der Waals surface area contributed by atoms with Gasteiger partial charge in [0.25, 0.3) is 0 Å². The lowest BCUT2D eigenvalue weighted by Crippen LogP contribution is -2.35. The fraction of sp³-hybridized carbons (Fsp3) is 0.250. The van der Waals surface area contributed by atoms with Crippen LogP contribution in [0.2, 0.25) is 5.02 Å². The quantitative estimate of drug-likeness (QED) is 0.104. The first-order valence-corrected chi connectivity index (χ1v) is 33.0. The number of hydrogen-bond donors (Lipinski definition) is 3. The number of fused-ring (bicyclic) bond motifs is 3. The zero-order valence-corrected chi connectivity index (χ0v) is 51.8. The number of benzene rings is 3. The molecule has 3 aromatic carbocycles. The van der Waals surface area contributed by atoms with Gasteiger partial charge in [0, 0.05) is 101 Å². The first-order valence-electron chi connectivity index (χ1n) is 27.6. The van der Waals surface area contributed by atoms with Crippen molar-refractivity contribution in [3.63, 3.8) is 0 Å². The highest BCUT2D eigenvalue weighted by molar-refractivity contribution is 7.24. The Morgan fingerprint density at radius 3 is 1.12 bits per heavy atom. The highest BCUT2D eigenvalue weighted by atomic mass is 35.5. The summed E-state index contributed by atoms with van der Waals surface area (Å²) in [4.78, 5) is 45.4. The third-order valence-electron chi connectivity index (χ3n) is 14.7. The van der Waals surface area contributed by atoms with E-state index < -0.39 is 24.1 Å². The number of anilines is 3. The van der Waals surface area contributed by atoms with Gasteiger partial charge in [-0.1, -0.05) is 23.7 Å². The van der Waals surface area contributed by atoms with Crippen molar-refractivity contribution in [2.24, 2.45) is 0 Å². The Morgan fingerprint density at radius 2 is 0.773 bits per heavy atom. The molecule has 3 fully saturated rings. The molecule has 12 aromatic rings. The Hall–Kier alpha value is -7.09. The first-order chi connectivity index (χ1) is 43.0. The van der Waals surface area contributed by atoms with Gasteiger partial charge in [-0.3, -0.25) is 0 Å². The summed E-state index contributed by atoms with van der Waals surface area (Å²) >= 11 is 14.9. The van der Waals surface area contributed by atoms with Gasteiger partial charge in [0.15, 0.2) is 0 Å². The number of aliphatic hydroxyl groups is 3. The van der Waals surface area contributed by atoms with Crippen LogP contribution >= 0.6 is 79.6 Å². The van der Waals surface area contributed by atoms with Gasteiger partial charge in [-0.2, -0.15) is 0 Å². The highest BCUT2D eigenvalue weighted by Crippen LogP contribution is 2.43. The third kappa shape index (κ3) is 12.7. The Kier molecular flexibility index (Phi) is 18.3. The predicted molar refractivity (Wildman–Crippen MR) is 341 cm³/mol. The Bertz CT molecular complexity index is 4170. The minimum Gasteiger partial charge on any atom is -0.381 e. The molecule has 0 aliphatic carbocycles. The lowest BCUT2D eigenvalue weighted by molar-refractivity contribution is 0.123. The molecular formula is C60H50ClF3N12O6S6. The molecular weight excluding hydrogens is 1270 g/mol. The molecule has 3 aliphatic heterocycles. The van der Waals surface area contributed by atoms with Crippen LogP contribution in [0.25, 0.3) is 64.4 Å². The number of thiazole rings is 3. The summed E-state index contributed by atoms with van der Waals surface area (Å²) < 4.78 is 63.2. The van der Waals surface area contributed by atoms with Crippen molar-refractivity contribution in [2.45, 2.75) is 18.3 Å². The molecule has 0 spiro atoms. The number of halogens is 4. The summed E-state index contributed by atoms with van der Waals surface area (Å²) in [6.07, 6.45) is 6.38. The molecule has 0 amide bonds. The van der Waals surface area contributed by atoms with Crippen LogP contribution < -0.4 is 14.7 Å². The van der Waals surface area contributed by atoms with E-state index in [1.165, 1.54) is 82.5 Å². The highest BCUT2D eigenvalue weighted by Gasteiger charge is 2.26. The Morgan fingerprint density at radius 1 is 0.420 bits per heavy atom. The lowest BCUT2D eigenvalue weighted by atomic mass is 10.0. The summed E-state index contributed by atoms with van der Waals surface area (Å²) in [5, 5.41) is 42.3. The summed E-state index contributed by atoms with van der Waals surface area (Å²) in [6.45, 7) is 9.00. The van der Waals surface area contributed by atoms with Crippen molar-refractivity contribution < 1.29 is 42.7 Å². The largest absolute Gasteiger partial charge is 0.381 e. The molecule has 88 heavy (non-hydrogen) atoms. The van der Waals surface area contributed by atoms with Crippen LogP contribution in [0.15, 0.2) is 120 Å². The van der Waals surface area contributed by atoms with E-state index in [-0.39, 0.29) is 22.2 Å². The van der Waals surface area contributed by atoms with Gasteiger partial charge in [0.05, 0.1) is 102 Å². The standard InChI is InChI=1S/C20H16ClFN4O2S2.2C20H17FN4O2S2/c21-13-8-14(22)12(7-11(13)18(27)20-23-1-6-29-20)17-19-15(24-10-25-17)9-16(30-19)26-2-4-28-5-3-26;2*21-14-2-1-12(18(26)20-22-3-8-28-20)9-13(14)17-19-15(23-11-24-17)10-16(29-19)25-4-6-27-7-5-25/h1,6-10,18,27H,2-5H2;2*1-3,8-11,18,26H,4-7H2. The smallest absolute Gasteiger partial charge is 0.134 e. The molecule has 15 rings (SSSR count). The average molecular weight is 1320 g/mol. The van der Waals surface area contributed by atoms with Crippen molar-refractivity contribution in [3.05, 3.63) is 175 Å². The van der Waals surface area contributed by atoms with Crippen molar-refractivity contribution in [3.8, 4) is 33.8 Å². The van der Waals surface area contributed by atoms with Gasteiger partial charge < -0.3 is 44.2 Å². The van der Waals surface area contributed by atoms with Crippen LogP contribution in [0.4, 0.5) is 28.2 Å². The molecule has 450 valence electrons. The fourth-order valence-electron chi connectivity index (χ4n) is 10.2. The predicted octanol–water partition coefficient (Wildman–Crippen LogP) is 12.3. The number of aromatic nitrogens is 9. The molecule has 3 aliphatic rings. The molecule has 0 radical (unpaired) electrons. The van der Waals surface area contributed by atoms with Gasteiger partial charge >= 0.3 is 0 Å². The third-order valence-corrected chi connectivity index (χ3v) is 21.1. The van der Waals surface area contributed by atoms with Crippen LogP contribution in [0.5, 0.6) is 0 Å². The average Bonchev–Trinajstić information content (AvgIpc) is 3.19. The summed E-state index contributed by atoms with van der Waals surface area (Å²) in [5.74, 6) is -1.28. The van der Waals surface area contributed by atoms with E-state index >= 15 is 0 Å². The summed E-state index contributed by atoms with van der Waals surface area (Å²) in [7, 11) is 0. The van der Waals surface area contributed by atoms with E-state index in [4.69, 9.17) is 25.8 Å². The van der Waals surface area contributed by atoms with Crippen molar-refractivity contribution in [2.75, 3.05) is 93.6 Å². The number of rotatable bonds is 12. The van der Waals surface area contributed by atoms with Crippen LogP contribution in [-0.2, 0) is 14.2 Å². The second-order valence-electron chi connectivity index (χ2n) is 20.0. The van der Waals surface area contributed by atoms with E-state index in [2.05, 4.69) is 59.6 Å².